The molecule has 5 heterocycles. The van der Waals surface area contributed by atoms with Crippen molar-refractivity contribution in [1.82, 2.24) is 15.0 Å². The van der Waals surface area contributed by atoms with E-state index in [1.165, 1.54) is 48.5 Å². The normalized spacial score (nSPS) is 14.1. The molecule has 3 aromatic heterocycles. The summed E-state index contributed by atoms with van der Waals surface area (Å²) in [7, 11) is 0. The van der Waals surface area contributed by atoms with E-state index in [0.717, 1.165) is 24.3 Å². The van der Waals surface area contributed by atoms with Crippen molar-refractivity contribution in [2.75, 3.05) is 0 Å². The molecule has 63 heavy (non-hydrogen) atoms. The van der Waals surface area contributed by atoms with Crippen LogP contribution in [0.2, 0.25) is 0 Å². The van der Waals surface area contributed by atoms with E-state index in [4.69, 9.17) is 69.6 Å². The van der Waals surface area contributed by atoms with Gasteiger partial charge in [0.25, 0.3) is 5.69 Å². The van der Waals surface area contributed by atoms with Gasteiger partial charge in [-0.1, -0.05) is 81.0 Å². The molecule has 24 heteroatoms. The fourth-order valence-corrected chi connectivity index (χ4v) is 6.17. The molecule has 0 unspecified atom stereocenters. The van der Waals surface area contributed by atoms with E-state index >= 15 is 17.6 Å². The number of nitro benzene ring substituents is 1. The van der Waals surface area contributed by atoms with Gasteiger partial charge in [-0.3, -0.25) is 10.1 Å². The van der Waals surface area contributed by atoms with Crippen LogP contribution in [0.5, 0.6) is 0 Å². The number of non-ortho nitro benzene ring substituents is 1. The van der Waals surface area contributed by atoms with Gasteiger partial charge in [0.2, 0.25) is 34.9 Å². The molecule has 8 rings (SSSR count). The number of hydrogen-bond acceptors (Lipinski definition) is 3. The third-order valence-electron chi connectivity index (χ3n) is 8.65. The molecule has 330 valence electrons. The number of aliphatic imine (C=N–C) groups is 1. The number of nitro groups is 1. The summed E-state index contributed by atoms with van der Waals surface area (Å²) in [6.07, 6.45) is 2.38. The maximum absolute atomic E-state index is 15.5. The molecule has 0 radical (unpaired) electrons. The van der Waals surface area contributed by atoms with Crippen molar-refractivity contribution in [2.24, 2.45) is 4.99 Å². The Bertz CT molecular complexity index is 2740. The zero-order chi connectivity index (χ0) is 45.5. The summed E-state index contributed by atoms with van der Waals surface area (Å²) in [5.74, 6) is -23.3. The third kappa shape index (κ3) is 9.88. The molecule has 0 amide bonds. The number of benzene rings is 3. The zero-order valence-electron chi connectivity index (χ0n) is 30.0. The van der Waals surface area contributed by atoms with E-state index in [2.05, 4.69) is 19.9 Å². The van der Waals surface area contributed by atoms with Crippen LogP contribution in [-0.4, -0.2) is 19.2 Å². The Morgan fingerprint density at radius 1 is 0.524 bits per heavy atom. The Hall–Kier alpha value is -4.65. The van der Waals surface area contributed by atoms with Crippen molar-refractivity contribution in [3.05, 3.63) is 209 Å². The summed E-state index contributed by atoms with van der Waals surface area (Å²) >= 11 is 28.8. The van der Waals surface area contributed by atoms with Gasteiger partial charge in [0, 0.05) is 41.8 Å². The first kappa shape index (κ1) is 49.4. The van der Waals surface area contributed by atoms with Gasteiger partial charge in [-0.25, -0.2) is 26.9 Å². The standard InChI is InChI=1S/C37H12F10N5O2.2CHCl3.Cu/c38-28-26(29(39)33(43)36(46)32(28)42)24-19-7-5-15(48-19)16-6-8-20(49-16)25(27-30(40)34(44)37(47)35(45)31(27)41)22-12-10-18(51-22)23(17-9-11-21(24)50-17)13-1-3-14(4-2-13)52(53)54;2*2-1(3)4;/h1-12H;2*1H;/q-1;;;+1/b24-19+;;;. The van der Waals surface area contributed by atoms with Gasteiger partial charge in [-0.05, 0) is 53.4 Å². The summed E-state index contributed by atoms with van der Waals surface area (Å²) in [5.41, 5.74) is -5.48. The van der Waals surface area contributed by atoms with Crippen molar-refractivity contribution in [2.45, 2.75) is 8.59 Å². The fraction of sp³-hybridized carbons (Fsp3) is 0.0513. The van der Waals surface area contributed by atoms with Gasteiger partial charge in [-0.15, -0.1) is 11.4 Å². The number of halogens is 16. The molecule has 0 saturated carbocycles. The Morgan fingerprint density at radius 2 is 0.921 bits per heavy atom. The molecule has 3 aromatic carbocycles. The number of allylic oxidation sites excluding steroid dienone is 2. The maximum atomic E-state index is 15.5. The van der Waals surface area contributed by atoms with Crippen LogP contribution in [0.3, 0.4) is 0 Å². The van der Waals surface area contributed by atoms with Crippen molar-refractivity contribution in [3.8, 4) is 0 Å². The van der Waals surface area contributed by atoms with E-state index in [9.17, 15) is 36.5 Å². The first-order chi connectivity index (χ1) is 29.2. The topological polar surface area (TPSA) is 97.8 Å². The Kier molecular flexibility index (Phi) is 15.7. The van der Waals surface area contributed by atoms with Crippen molar-refractivity contribution < 1.29 is 65.9 Å². The molecule has 7 nitrogen and oxygen atoms in total. The minimum atomic E-state index is -2.42. The number of fused-ring (bicyclic) bond motifs is 8. The predicted molar refractivity (Wildman–Crippen MR) is 210 cm³/mol. The summed E-state index contributed by atoms with van der Waals surface area (Å²) in [4.78, 5) is 28.2. The van der Waals surface area contributed by atoms with Gasteiger partial charge in [0.1, 0.15) is 0 Å². The van der Waals surface area contributed by atoms with E-state index in [1.807, 2.05) is 0 Å². The van der Waals surface area contributed by atoms with Gasteiger partial charge in [0.05, 0.1) is 33.9 Å². The summed E-state index contributed by atoms with van der Waals surface area (Å²) in [6, 6.07) is 12.0. The maximum Gasteiger partial charge on any atom is 1.00 e. The average molecular weight is 1050 g/mol. The predicted octanol–water partition coefficient (Wildman–Crippen LogP) is 12.0. The second kappa shape index (κ2) is 20.0. The van der Waals surface area contributed by atoms with E-state index < -0.39 is 94.3 Å². The van der Waals surface area contributed by atoms with Gasteiger partial charge < -0.3 is 15.0 Å². The van der Waals surface area contributed by atoms with Crippen LogP contribution < -0.4 is 15.0 Å². The van der Waals surface area contributed by atoms with E-state index in [-0.39, 0.29) is 79.8 Å². The molecular formula is C39H14Cl6CuF10N5O2. The number of rotatable bonds is 4. The first-order valence-electron chi connectivity index (χ1n) is 16.5. The first-order valence-corrected chi connectivity index (χ1v) is 19.2. The van der Waals surface area contributed by atoms with Crippen molar-refractivity contribution >= 4 is 86.6 Å². The molecular weight excluding hydrogens is 1040 g/mol. The Labute approximate surface area is 388 Å². The molecule has 0 N–H and O–H groups in total. The molecule has 8 bridgehead atoms. The number of aromatic nitrogens is 3. The summed E-state index contributed by atoms with van der Waals surface area (Å²) in [5, 5.41) is 11.4. The SMILES string of the molecule is ClC(Cl)Cl.ClC(Cl)Cl.O=[N+]([O-])c1ccc([C+]2c3ccc([n-]3)/C(c3c(F)c(F)c(F)c(F)c3F)=C3/C=CC(=N3)c3ccc([n-]3)[C+](c3c(F)c(F)c(F)c(F)c3F)c3ccc2[n-]3)cc1.[Cu+]. The molecule has 2 aliphatic rings. The smallest absolute Gasteiger partial charge is 0.642 e. The van der Waals surface area contributed by atoms with Gasteiger partial charge in [0.15, 0.2) is 37.4 Å². The van der Waals surface area contributed by atoms with Crippen molar-refractivity contribution in [1.29, 1.82) is 0 Å². The van der Waals surface area contributed by atoms with Crippen LogP contribution in [0.1, 0.15) is 50.9 Å². The second-order valence-electron chi connectivity index (χ2n) is 12.2. The molecule has 6 aromatic rings. The van der Waals surface area contributed by atoms with Gasteiger partial charge >= 0.3 is 17.1 Å². The Balaban J connectivity index is 0.000000768. The van der Waals surface area contributed by atoms with Crippen LogP contribution in [0.25, 0.3) is 5.57 Å². The molecule has 0 aliphatic carbocycles. The molecule has 0 saturated heterocycles. The molecule has 0 fully saturated rings. The van der Waals surface area contributed by atoms with Crippen LogP contribution in [0, 0.1) is 80.1 Å². The summed E-state index contributed by atoms with van der Waals surface area (Å²) < 4.78 is 147. The van der Waals surface area contributed by atoms with Crippen LogP contribution in [0.4, 0.5) is 49.6 Å². The summed E-state index contributed by atoms with van der Waals surface area (Å²) in [6.45, 7) is 0. The van der Waals surface area contributed by atoms with Crippen LogP contribution in [-0.2, 0) is 17.1 Å². The largest absolute Gasteiger partial charge is 1.00 e. The molecule has 2 aliphatic heterocycles. The average Bonchev–Trinajstić information content (AvgIpc) is 4.06. The van der Waals surface area contributed by atoms with E-state index in [1.54, 1.807) is 0 Å². The minimum absolute atomic E-state index is 0. The fourth-order valence-electron chi connectivity index (χ4n) is 6.17. The monoisotopic (exact) mass is 1050 g/mol. The van der Waals surface area contributed by atoms with Crippen LogP contribution in [0.15, 0.2) is 83.5 Å². The number of hydrogen-bond donors (Lipinski definition) is 0. The molecule has 0 spiro atoms. The third-order valence-corrected chi connectivity index (χ3v) is 8.65. The van der Waals surface area contributed by atoms with Gasteiger partial charge in [-0.2, -0.15) is 22.0 Å². The zero-order valence-corrected chi connectivity index (χ0v) is 35.5. The number of alkyl halides is 6. The second-order valence-corrected chi connectivity index (χ2v) is 16.1. The quantitative estimate of drug-likeness (QED) is 0.0256. The minimum Gasteiger partial charge on any atom is -0.642 e. The van der Waals surface area contributed by atoms with Crippen molar-refractivity contribution in [3.63, 3.8) is 0 Å². The molecule has 0 atom stereocenters. The van der Waals surface area contributed by atoms with E-state index in [0.29, 0.717) is 0 Å². The van der Waals surface area contributed by atoms with Crippen LogP contribution >= 0.6 is 69.6 Å². The Morgan fingerprint density at radius 3 is 1.43 bits per heavy atom. The number of nitrogens with zero attached hydrogens (tertiary/aromatic N) is 5.